The lowest BCUT2D eigenvalue weighted by molar-refractivity contribution is -0.121. The fraction of sp³-hybridized carbons (Fsp3) is 0.316. The SMILES string of the molecule is O=C(Nc1cccc(Cl)c1)C1CCCN(Cc2c(F)cccc2Cl)C1. The van der Waals surface area contributed by atoms with Crippen molar-refractivity contribution >= 4 is 34.8 Å². The van der Waals surface area contributed by atoms with Gasteiger partial charge in [0.05, 0.1) is 5.92 Å². The molecule has 132 valence electrons. The third-order valence-electron chi connectivity index (χ3n) is 4.41. The van der Waals surface area contributed by atoms with Gasteiger partial charge in [0.2, 0.25) is 5.91 Å². The standard InChI is InChI=1S/C19H19Cl2FN2O/c20-14-5-1-6-15(10-14)23-19(25)13-4-3-9-24(11-13)12-16-17(21)7-2-8-18(16)22/h1-2,5-8,10,13H,3-4,9,11-12H2,(H,23,25). The van der Waals surface area contributed by atoms with Crippen molar-refractivity contribution in [2.75, 3.05) is 18.4 Å². The van der Waals surface area contributed by atoms with Gasteiger partial charge in [-0.2, -0.15) is 0 Å². The topological polar surface area (TPSA) is 32.3 Å². The van der Waals surface area contributed by atoms with E-state index in [-0.39, 0.29) is 17.6 Å². The predicted octanol–water partition coefficient (Wildman–Crippen LogP) is 4.98. The Balaban J connectivity index is 1.63. The summed E-state index contributed by atoms with van der Waals surface area (Å²) in [4.78, 5) is 14.6. The van der Waals surface area contributed by atoms with Gasteiger partial charge < -0.3 is 5.32 Å². The lowest BCUT2D eigenvalue weighted by Gasteiger charge is -2.32. The van der Waals surface area contributed by atoms with Crippen LogP contribution in [-0.2, 0) is 11.3 Å². The van der Waals surface area contributed by atoms with Crippen LogP contribution in [0.4, 0.5) is 10.1 Å². The van der Waals surface area contributed by atoms with Gasteiger partial charge >= 0.3 is 0 Å². The monoisotopic (exact) mass is 380 g/mol. The number of halogens is 3. The Hall–Kier alpha value is -1.62. The van der Waals surface area contributed by atoms with E-state index in [1.807, 2.05) is 6.07 Å². The minimum Gasteiger partial charge on any atom is -0.326 e. The summed E-state index contributed by atoms with van der Waals surface area (Å²) in [5.41, 5.74) is 1.17. The molecule has 6 heteroatoms. The Labute approximate surface area is 156 Å². The van der Waals surface area contributed by atoms with Crippen molar-refractivity contribution in [3.8, 4) is 0 Å². The molecule has 1 atom stereocenters. The van der Waals surface area contributed by atoms with Crippen LogP contribution in [0.1, 0.15) is 18.4 Å². The van der Waals surface area contributed by atoms with Gasteiger partial charge in [-0.25, -0.2) is 4.39 Å². The van der Waals surface area contributed by atoms with Crippen molar-refractivity contribution in [2.45, 2.75) is 19.4 Å². The molecule has 3 rings (SSSR count). The van der Waals surface area contributed by atoms with Crippen LogP contribution >= 0.6 is 23.2 Å². The van der Waals surface area contributed by atoms with Crippen molar-refractivity contribution in [1.82, 2.24) is 4.90 Å². The second-order valence-electron chi connectivity index (χ2n) is 6.27. The molecule has 3 nitrogen and oxygen atoms in total. The summed E-state index contributed by atoms with van der Waals surface area (Å²) in [5.74, 6) is -0.483. The first-order chi connectivity index (χ1) is 12.0. The second kappa shape index (κ2) is 8.17. The molecule has 1 aliphatic rings. The molecule has 1 amide bonds. The molecule has 25 heavy (non-hydrogen) atoms. The van der Waals surface area contributed by atoms with Crippen LogP contribution in [0.2, 0.25) is 10.0 Å². The molecule has 0 bridgehead atoms. The van der Waals surface area contributed by atoms with Crippen LogP contribution in [0.15, 0.2) is 42.5 Å². The van der Waals surface area contributed by atoms with E-state index >= 15 is 0 Å². The van der Waals surface area contributed by atoms with E-state index in [2.05, 4.69) is 10.2 Å². The molecule has 2 aromatic carbocycles. The number of rotatable bonds is 4. The Bertz CT molecular complexity index is 749. The zero-order valence-corrected chi connectivity index (χ0v) is 15.2. The minimum absolute atomic E-state index is 0.0356. The van der Waals surface area contributed by atoms with E-state index in [4.69, 9.17) is 23.2 Å². The van der Waals surface area contributed by atoms with Crippen LogP contribution in [0, 0.1) is 11.7 Å². The molecular formula is C19H19Cl2FN2O. The third-order valence-corrected chi connectivity index (χ3v) is 5.00. The maximum absolute atomic E-state index is 14.0. The second-order valence-corrected chi connectivity index (χ2v) is 7.12. The summed E-state index contributed by atoms with van der Waals surface area (Å²) < 4.78 is 14.0. The smallest absolute Gasteiger partial charge is 0.228 e. The molecule has 1 aliphatic heterocycles. The predicted molar refractivity (Wildman–Crippen MR) is 99.5 cm³/mol. The molecule has 0 radical (unpaired) electrons. The van der Waals surface area contributed by atoms with E-state index < -0.39 is 0 Å². The van der Waals surface area contributed by atoms with Crippen LogP contribution in [0.3, 0.4) is 0 Å². The molecule has 1 N–H and O–H groups in total. The maximum atomic E-state index is 14.0. The molecule has 1 unspecified atom stereocenters. The van der Waals surface area contributed by atoms with Gasteiger partial charge in [0, 0.05) is 34.4 Å². The zero-order chi connectivity index (χ0) is 17.8. The number of anilines is 1. The van der Waals surface area contributed by atoms with Crippen molar-refractivity contribution in [1.29, 1.82) is 0 Å². The molecule has 1 fully saturated rings. The van der Waals surface area contributed by atoms with Crippen molar-refractivity contribution in [3.63, 3.8) is 0 Å². The first-order valence-electron chi connectivity index (χ1n) is 8.24. The van der Waals surface area contributed by atoms with Gasteiger partial charge in [0.1, 0.15) is 5.82 Å². The average Bonchev–Trinajstić information content (AvgIpc) is 2.58. The number of piperidine rings is 1. The first kappa shape index (κ1) is 18.2. The molecular weight excluding hydrogens is 362 g/mol. The number of nitrogens with one attached hydrogen (secondary N) is 1. The lowest BCUT2D eigenvalue weighted by Crippen LogP contribution is -2.40. The average molecular weight is 381 g/mol. The van der Waals surface area contributed by atoms with Gasteiger partial charge in [-0.15, -0.1) is 0 Å². The molecule has 1 heterocycles. The van der Waals surface area contributed by atoms with Crippen molar-refractivity contribution in [2.24, 2.45) is 5.92 Å². The molecule has 0 aromatic heterocycles. The van der Waals surface area contributed by atoms with Crippen molar-refractivity contribution in [3.05, 3.63) is 63.9 Å². The van der Waals surface area contributed by atoms with Gasteiger partial charge in [0.15, 0.2) is 0 Å². The highest BCUT2D eigenvalue weighted by Crippen LogP contribution is 2.25. The number of hydrogen-bond acceptors (Lipinski definition) is 2. The van der Waals surface area contributed by atoms with E-state index in [9.17, 15) is 9.18 Å². The van der Waals surface area contributed by atoms with Gasteiger partial charge in [-0.05, 0) is 49.7 Å². The molecule has 0 spiro atoms. The van der Waals surface area contributed by atoms with Crippen LogP contribution < -0.4 is 5.32 Å². The fourth-order valence-corrected chi connectivity index (χ4v) is 3.54. The van der Waals surface area contributed by atoms with Gasteiger partial charge in [0.25, 0.3) is 0 Å². The summed E-state index contributed by atoms with van der Waals surface area (Å²) in [5, 5.41) is 3.91. The normalized spacial score (nSPS) is 18.1. The van der Waals surface area contributed by atoms with E-state index in [1.54, 1.807) is 30.3 Å². The summed E-state index contributed by atoms with van der Waals surface area (Å²) >= 11 is 12.1. The van der Waals surface area contributed by atoms with Crippen LogP contribution in [0.25, 0.3) is 0 Å². The third kappa shape index (κ3) is 4.72. The number of carbonyl (C=O) groups excluding carboxylic acids is 1. The van der Waals surface area contributed by atoms with Crippen LogP contribution in [0.5, 0.6) is 0 Å². The minimum atomic E-state index is -0.307. The van der Waals surface area contributed by atoms with Crippen molar-refractivity contribution < 1.29 is 9.18 Å². The highest BCUT2D eigenvalue weighted by atomic mass is 35.5. The summed E-state index contributed by atoms with van der Waals surface area (Å²) in [7, 11) is 0. The molecule has 2 aromatic rings. The largest absolute Gasteiger partial charge is 0.326 e. The zero-order valence-electron chi connectivity index (χ0n) is 13.6. The summed E-state index contributed by atoms with van der Waals surface area (Å²) in [6.07, 6.45) is 1.70. The molecule has 1 saturated heterocycles. The first-order valence-corrected chi connectivity index (χ1v) is 9.00. The number of likely N-dealkylation sites (tertiary alicyclic amines) is 1. The fourth-order valence-electron chi connectivity index (χ4n) is 3.13. The summed E-state index contributed by atoms with van der Waals surface area (Å²) in [6, 6.07) is 11.8. The Morgan fingerprint density at radius 2 is 2.04 bits per heavy atom. The highest BCUT2D eigenvalue weighted by molar-refractivity contribution is 6.31. The Kier molecular flexibility index (Phi) is 5.94. The highest BCUT2D eigenvalue weighted by Gasteiger charge is 2.26. The number of nitrogens with zero attached hydrogens (tertiary/aromatic N) is 1. The number of hydrogen-bond donors (Lipinski definition) is 1. The van der Waals surface area contributed by atoms with Crippen LogP contribution in [-0.4, -0.2) is 23.9 Å². The van der Waals surface area contributed by atoms with E-state index in [0.29, 0.717) is 34.4 Å². The van der Waals surface area contributed by atoms with E-state index in [1.165, 1.54) is 6.07 Å². The number of carbonyl (C=O) groups is 1. The quantitative estimate of drug-likeness (QED) is 0.810. The Morgan fingerprint density at radius 3 is 2.80 bits per heavy atom. The lowest BCUT2D eigenvalue weighted by atomic mass is 9.96. The number of amides is 1. The van der Waals surface area contributed by atoms with E-state index in [0.717, 1.165) is 19.4 Å². The van der Waals surface area contributed by atoms with Gasteiger partial charge in [-0.3, -0.25) is 9.69 Å². The maximum Gasteiger partial charge on any atom is 0.228 e. The number of benzene rings is 2. The van der Waals surface area contributed by atoms with Gasteiger partial charge in [-0.1, -0.05) is 35.3 Å². The molecule has 0 saturated carbocycles. The summed E-state index contributed by atoms with van der Waals surface area (Å²) in [6.45, 7) is 1.81. The Morgan fingerprint density at radius 1 is 1.24 bits per heavy atom. The molecule has 0 aliphatic carbocycles.